The normalized spacial score (nSPS) is 10.6. The number of hydrogen-bond donors (Lipinski definition) is 2. The highest BCUT2D eigenvalue weighted by Gasteiger charge is 2.21. The summed E-state index contributed by atoms with van der Waals surface area (Å²) in [5.41, 5.74) is 4.85. The predicted molar refractivity (Wildman–Crippen MR) is 79.0 cm³/mol. The van der Waals surface area contributed by atoms with Gasteiger partial charge >= 0.3 is 5.69 Å². The molecular weight excluding hydrogens is 260 g/mol. The Morgan fingerprint density at radius 1 is 1.30 bits per heavy atom. The number of carbonyl (C=O) groups is 1. The van der Waals surface area contributed by atoms with Crippen molar-refractivity contribution >= 4 is 17.4 Å². The molecule has 0 radical (unpaired) electrons. The number of hydrogen-bond acceptors (Lipinski definition) is 4. The molecule has 1 aromatic rings. The highest BCUT2D eigenvalue weighted by Crippen LogP contribution is 2.17. The number of nitrogens with one attached hydrogen (secondary N) is 1. The first-order valence-electron chi connectivity index (χ1n) is 6.90. The van der Waals surface area contributed by atoms with Crippen LogP contribution in [0, 0.1) is 0 Å². The van der Waals surface area contributed by atoms with Gasteiger partial charge in [0, 0.05) is 19.5 Å². The van der Waals surface area contributed by atoms with Gasteiger partial charge in [0.25, 0.3) is 5.56 Å². The lowest BCUT2D eigenvalue weighted by molar-refractivity contribution is -0.118. The zero-order chi connectivity index (χ0) is 15.3. The first-order chi connectivity index (χ1) is 9.47. The van der Waals surface area contributed by atoms with E-state index >= 15 is 0 Å². The number of nitrogens with two attached hydrogens (primary N) is 1. The molecule has 1 rings (SSSR count). The van der Waals surface area contributed by atoms with Crippen LogP contribution in [0.2, 0.25) is 0 Å². The molecule has 7 heteroatoms. The standard InChI is InChI=1S/C13H22N4O3/c1-4-7-8-17-11(14)10(12(19)15-13(17)20)16(6-3)9(18)5-2/h4-8,14H2,1-3H3,(H,15,19,20). The Morgan fingerprint density at radius 2 is 1.95 bits per heavy atom. The van der Waals surface area contributed by atoms with Gasteiger partial charge in [-0.1, -0.05) is 20.3 Å². The SMILES string of the molecule is CCCCn1c(N)c(N(CC)C(=O)CC)c(=O)[nH]c1=O. The Balaban J connectivity index is 3.42. The third-order valence-corrected chi connectivity index (χ3v) is 3.14. The zero-order valence-electron chi connectivity index (χ0n) is 12.2. The molecule has 0 bridgehead atoms. The highest BCUT2D eigenvalue weighted by atomic mass is 16.2. The van der Waals surface area contributed by atoms with Gasteiger partial charge < -0.3 is 10.6 Å². The summed E-state index contributed by atoms with van der Waals surface area (Å²) in [7, 11) is 0. The Morgan fingerprint density at radius 3 is 2.45 bits per heavy atom. The smallest absolute Gasteiger partial charge is 0.330 e. The predicted octanol–water partition coefficient (Wildman–Crippen LogP) is 0.682. The van der Waals surface area contributed by atoms with Crippen molar-refractivity contribution in [1.29, 1.82) is 0 Å². The summed E-state index contributed by atoms with van der Waals surface area (Å²) >= 11 is 0. The molecule has 0 saturated carbocycles. The molecule has 0 saturated heterocycles. The van der Waals surface area contributed by atoms with Crippen molar-refractivity contribution in [2.24, 2.45) is 0 Å². The quantitative estimate of drug-likeness (QED) is 0.801. The average Bonchev–Trinajstić information content (AvgIpc) is 2.42. The van der Waals surface area contributed by atoms with Crippen molar-refractivity contribution in [2.45, 2.75) is 46.6 Å². The van der Waals surface area contributed by atoms with E-state index in [2.05, 4.69) is 4.98 Å². The number of nitrogens with zero attached hydrogens (tertiary/aromatic N) is 2. The average molecular weight is 282 g/mol. The Kier molecular flexibility index (Phi) is 5.54. The fourth-order valence-electron chi connectivity index (χ4n) is 2.03. The maximum absolute atomic E-state index is 12.0. The topological polar surface area (TPSA) is 101 Å². The van der Waals surface area contributed by atoms with E-state index in [1.165, 1.54) is 9.47 Å². The number of unbranched alkanes of at least 4 members (excludes halogenated alkanes) is 1. The molecule has 3 N–H and O–H groups in total. The minimum absolute atomic E-state index is 0.0517. The number of rotatable bonds is 6. The fourth-order valence-corrected chi connectivity index (χ4v) is 2.03. The Labute approximate surface area is 117 Å². The van der Waals surface area contributed by atoms with Gasteiger partial charge in [0.05, 0.1) is 0 Å². The lowest BCUT2D eigenvalue weighted by Crippen LogP contribution is -2.40. The molecule has 1 aromatic heterocycles. The van der Waals surface area contributed by atoms with Crippen molar-refractivity contribution in [3.05, 3.63) is 20.8 Å². The lowest BCUT2D eigenvalue weighted by Gasteiger charge is -2.22. The van der Waals surface area contributed by atoms with Crippen LogP contribution in [-0.2, 0) is 11.3 Å². The summed E-state index contributed by atoms with van der Waals surface area (Å²) in [4.78, 5) is 39.2. The molecular formula is C13H22N4O3. The molecule has 0 atom stereocenters. The molecule has 0 aromatic carbocycles. The largest absolute Gasteiger partial charge is 0.383 e. The van der Waals surface area contributed by atoms with Crippen LogP contribution in [0.25, 0.3) is 0 Å². The summed E-state index contributed by atoms with van der Waals surface area (Å²) in [6.45, 7) is 6.21. The number of aromatic nitrogens is 2. The second kappa shape index (κ2) is 6.93. The van der Waals surface area contributed by atoms with Gasteiger partial charge in [0.2, 0.25) is 5.91 Å². The van der Waals surface area contributed by atoms with Crippen molar-refractivity contribution in [1.82, 2.24) is 9.55 Å². The van der Waals surface area contributed by atoms with Gasteiger partial charge in [0.15, 0.2) is 5.69 Å². The maximum Gasteiger partial charge on any atom is 0.330 e. The summed E-state index contributed by atoms with van der Waals surface area (Å²) in [5, 5.41) is 0. The van der Waals surface area contributed by atoms with Gasteiger partial charge in [-0.2, -0.15) is 0 Å². The summed E-state index contributed by atoms with van der Waals surface area (Å²) in [6.07, 6.45) is 1.93. The summed E-state index contributed by atoms with van der Waals surface area (Å²) in [5.74, 6) is -0.152. The fraction of sp³-hybridized carbons (Fsp3) is 0.615. The third-order valence-electron chi connectivity index (χ3n) is 3.14. The lowest BCUT2D eigenvalue weighted by atomic mass is 10.3. The van der Waals surface area contributed by atoms with Crippen molar-refractivity contribution in [3.63, 3.8) is 0 Å². The van der Waals surface area contributed by atoms with E-state index in [4.69, 9.17) is 5.73 Å². The number of aromatic amines is 1. The van der Waals surface area contributed by atoms with Crippen LogP contribution < -0.4 is 21.9 Å². The van der Waals surface area contributed by atoms with E-state index < -0.39 is 11.2 Å². The first-order valence-corrected chi connectivity index (χ1v) is 6.90. The van der Waals surface area contributed by atoms with Gasteiger partial charge in [-0.05, 0) is 13.3 Å². The minimum atomic E-state index is -0.621. The van der Waals surface area contributed by atoms with Crippen LogP contribution in [-0.4, -0.2) is 22.0 Å². The van der Waals surface area contributed by atoms with E-state index in [0.717, 1.165) is 12.8 Å². The minimum Gasteiger partial charge on any atom is -0.383 e. The number of amides is 1. The Bertz CT molecular complexity index is 588. The second-order valence-corrected chi connectivity index (χ2v) is 4.49. The Hall–Kier alpha value is -2.05. The molecule has 0 aliphatic heterocycles. The van der Waals surface area contributed by atoms with Crippen LogP contribution in [0.5, 0.6) is 0 Å². The number of H-pyrrole nitrogens is 1. The number of anilines is 2. The van der Waals surface area contributed by atoms with Gasteiger partial charge in [-0.3, -0.25) is 19.1 Å². The van der Waals surface area contributed by atoms with E-state index in [0.29, 0.717) is 13.1 Å². The van der Waals surface area contributed by atoms with E-state index in [1.54, 1.807) is 13.8 Å². The molecule has 1 heterocycles. The molecule has 0 aliphatic carbocycles. The molecule has 0 fully saturated rings. The highest BCUT2D eigenvalue weighted by molar-refractivity contribution is 5.95. The van der Waals surface area contributed by atoms with E-state index in [-0.39, 0.29) is 23.8 Å². The van der Waals surface area contributed by atoms with Crippen molar-refractivity contribution < 1.29 is 4.79 Å². The monoisotopic (exact) mass is 282 g/mol. The van der Waals surface area contributed by atoms with E-state index in [1.807, 2.05) is 6.92 Å². The van der Waals surface area contributed by atoms with Gasteiger partial charge in [-0.25, -0.2) is 4.79 Å². The maximum atomic E-state index is 12.0. The molecule has 0 spiro atoms. The molecule has 20 heavy (non-hydrogen) atoms. The van der Waals surface area contributed by atoms with Crippen LogP contribution in [0.3, 0.4) is 0 Å². The molecule has 7 nitrogen and oxygen atoms in total. The van der Waals surface area contributed by atoms with E-state index in [9.17, 15) is 14.4 Å². The molecule has 112 valence electrons. The van der Waals surface area contributed by atoms with Crippen molar-refractivity contribution in [3.8, 4) is 0 Å². The summed E-state index contributed by atoms with van der Waals surface area (Å²) in [6, 6.07) is 0. The number of nitrogen functional groups attached to an aromatic ring is 1. The molecule has 1 amide bonds. The molecule has 0 aliphatic rings. The van der Waals surface area contributed by atoms with Crippen LogP contribution in [0.15, 0.2) is 9.59 Å². The van der Waals surface area contributed by atoms with Crippen molar-refractivity contribution in [2.75, 3.05) is 17.2 Å². The van der Waals surface area contributed by atoms with Crippen LogP contribution >= 0.6 is 0 Å². The zero-order valence-corrected chi connectivity index (χ0v) is 12.2. The van der Waals surface area contributed by atoms with Gasteiger partial charge in [-0.15, -0.1) is 0 Å². The summed E-state index contributed by atoms with van der Waals surface area (Å²) < 4.78 is 1.31. The molecule has 0 unspecified atom stereocenters. The van der Waals surface area contributed by atoms with Crippen LogP contribution in [0.4, 0.5) is 11.5 Å². The van der Waals surface area contributed by atoms with Crippen LogP contribution in [0.1, 0.15) is 40.0 Å². The second-order valence-electron chi connectivity index (χ2n) is 4.49. The number of carbonyl (C=O) groups excluding carboxylic acids is 1. The van der Waals surface area contributed by atoms with Gasteiger partial charge in [0.1, 0.15) is 5.82 Å². The third kappa shape index (κ3) is 3.09. The first kappa shape index (κ1) is 16.0.